The third-order valence-corrected chi connectivity index (χ3v) is 6.27. The van der Waals surface area contributed by atoms with Gasteiger partial charge in [-0.3, -0.25) is 19.3 Å². The molecule has 0 aromatic rings. The Kier molecular flexibility index (Phi) is 5.72. The molecule has 1 spiro atoms. The fraction of sp³-hybridized carbons (Fsp3) is 0.789. The van der Waals surface area contributed by atoms with E-state index in [4.69, 9.17) is 4.74 Å². The van der Waals surface area contributed by atoms with E-state index >= 15 is 0 Å². The molecule has 3 rings (SSSR count). The van der Waals surface area contributed by atoms with Crippen LogP contribution in [0.15, 0.2) is 0 Å². The second kappa shape index (κ2) is 7.86. The number of amides is 4. The van der Waals surface area contributed by atoms with Crippen LogP contribution in [0.1, 0.15) is 58.8 Å². The summed E-state index contributed by atoms with van der Waals surface area (Å²) in [4.78, 5) is 52.2. The zero-order chi connectivity index (χ0) is 19.6. The maximum absolute atomic E-state index is 12.8. The Hall–Kier alpha value is -2.12. The lowest BCUT2D eigenvalue weighted by Gasteiger charge is -2.36. The molecule has 1 saturated carbocycles. The van der Waals surface area contributed by atoms with Crippen LogP contribution in [0.25, 0.3) is 0 Å². The van der Waals surface area contributed by atoms with Gasteiger partial charge in [0, 0.05) is 12.6 Å². The van der Waals surface area contributed by atoms with E-state index in [1.54, 1.807) is 4.90 Å². The summed E-state index contributed by atoms with van der Waals surface area (Å²) in [5, 5.41) is 2.80. The Bertz CT molecular complexity index is 637. The number of nitrogens with one attached hydrogen (secondary N) is 1. The molecule has 27 heavy (non-hydrogen) atoms. The highest BCUT2D eigenvalue weighted by Gasteiger charge is 2.55. The van der Waals surface area contributed by atoms with Gasteiger partial charge >= 0.3 is 12.0 Å². The molecule has 150 valence electrons. The Morgan fingerprint density at radius 2 is 1.89 bits per heavy atom. The first-order valence-corrected chi connectivity index (χ1v) is 9.94. The number of imide groups is 1. The van der Waals surface area contributed by atoms with Gasteiger partial charge in [0.1, 0.15) is 12.1 Å². The number of esters is 1. The van der Waals surface area contributed by atoms with Gasteiger partial charge in [-0.05, 0) is 44.9 Å². The van der Waals surface area contributed by atoms with Crippen molar-refractivity contribution in [1.82, 2.24) is 15.1 Å². The van der Waals surface area contributed by atoms with Crippen LogP contribution < -0.4 is 5.32 Å². The molecule has 1 N–H and O–H groups in total. The second-order valence-electron chi connectivity index (χ2n) is 8.03. The van der Waals surface area contributed by atoms with Gasteiger partial charge in [-0.25, -0.2) is 4.79 Å². The predicted octanol–water partition coefficient (Wildman–Crippen LogP) is 1.43. The number of hydrogen-bond acceptors (Lipinski definition) is 5. The van der Waals surface area contributed by atoms with Crippen molar-refractivity contribution in [3.8, 4) is 0 Å². The zero-order valence-corrected chi connectivity index (χ0v) is 16.2. The van der Waals surface area contributed by atoms with Gasteiger partial charge < -0.3 is 15.0 Å². The average Bonchev–Trinajstić information content (AvgIpc) is 2.87. The first kappa shape index (κ1) is 19.6. The summed E-state index contributed by atoms with van der Waals surface area (Å²) in [6.45, 7) is 3.80. The van der Waals surface area contributed by atoms with E-state index in [9.17, 15) is 19.2 Å². The normalized spacial score (nSPS) is 31.2. The monoisotopic (exact) mass is 379 g/mol. The maximum atomic E-state index is 12.8. The Morgan fingerprint density at radius 3 is 2.59 bits per heavy atom. The van der Waals surface area contributed by atoms with Crippen LogP contribution in [-0.2, 0) is 19.1 Å². The highest BCUT2D eigenvalue weighted by Crippen LogP contribution is 2.38. The molecule has 0 unspecified atom stereocenters. The summed E-state index contributed by atoms with van der Waals surface area (Å²) < 4.78 is 5.06. The smallest absolute Gasteiger partial charge is 0.326 e. The summed E-state index contributed by atoms with van der Waals surface area (Å²) >= 11 is 0. The number of nitrogens with zero attached hydrogens (tertiary/aromatic N) is 2. The van der Waals surface area contributed by atoms with Crippen molar-refractivity contribution in [1.29, 1.82) is 0 Å². The highest BCUT2D eigenvalue weighted by molar-refractivity contribution is 6.09. The average molecular weight is 379 g/mol. The molecule has 2 saturated heterocycles. The van der Waals surface area contributed by atoms with Crippen LogP contribution in [0, 0.1) is 5.92 Å². The molecule has 3 fully saturated rings. The molecule has 3 atom stereocenters. The van der Waals surface area contributed by atoms with E-state index < -0.39 is 24.1 Å². The molecule has 2 aliphatic heterocycles. The van der Waals surface area contributed by atoms with Crippen LogP contribution in [0.4, 0.5) is 4.79 Å². The number of carbonyl (C=O) groups excluding carboxylic acids is 4. The van der Waals surface area contributed by atoms with Crippen molar-refractivity contribution in [2.75, 3.05) is 19.7 Å². The minimum Gasteiger partial charge on any atom is -0.454 e. The Labute approximate surface area is 159 Å². The van der Waals surface area contributed by atoms with Crippen LogP contribution in [0.5, 0.6) is 0 Å². The minimum atomic E-state index is -0.894. The molecular formula is C19H29N3O5. The summed E-state index contributed by atoms with van der Waals surface area (Å²) in [6.07, 6.45) is 6.36. The maximum Gasteiger partial charge on any atom is 0.326 e. The number of carbonyl (C=O) groups is 4. The second-order valence-corrected chi connectivity index (χ2v) is 8.03. The van der Waals surface area contributed by atoms with E-state index in [-0.39, 0.29) is 30.4 Å². The van der Waals surface area contributed by atoms with E-state index in [1.807, 2.05) is 13.8 Å². The van der Waals surface area contributed by atoms with Crippen LogP contribution in [-0.4, -0.2) is 64.9 Å². The first-order chi connectivity index (χ1) is 12.8. The predicted molar refractivity (Wildman–Crippen MR) is 96.6 cm³/mol. The third kappa shape index (κ3) is 3.80. The van der Waals surface area contributed by atoms with Crippen molar-refractivity contribution in [2.24, 2.45) is 5.92 Å². The fourth-order valence-corrected chi connectivity index (χ4v) is 4.51. The molecule has 0 aromatic carbocycles. The van der Waals surface area contributed by atoms with E-state index in [2.05, 4.69) is 5.32 Å². The Balaban J connectivity index is 1.54. The van der Waals surface area contributed by atoms with Gasteiger partial charge in [0.2, 0.25) is 0 Å². The molecule has 3 aliphatic rings. The van der Waals surface area contributed by atoms with Crippen molar-refractivity contribution >= 4 is 23.8 Å². The summed E-state index contributed by atoms with van der Waals surface area (Å²) in [6, 6.07) is -0.412. The highest BCUT2D eigenvalue weighted by atomic mass is 16.5. The topological polar surface area (TPSA) is 96.0 Å². The number of piperidine rings is 1. The quantitative estimate of drug-likeness (QED) is 0.589. The first-order valence-electron chi connectivity index (χ1n) is 9.94. The number of urea groups is 1. The standard InChI is InChI=1S/C19H29N3O5/c1-13-7-3-5-9-19(13)17(25)22(18(26)20-19)11-16(24)27-12-15(23)21-10-6-4-8-14(21)2/h13-14H,3-12H2,1-2H3,(H,20,26)/t13-,14+,19-/m1/s1. The number of likely N-dealkylation sites (tertiary alicyclic amines) is 1. The van der Waals surface area contributed by atoms with Crippen LogP contribution in [0.3, 0.4) is 0 Å². The van der Waals surface area contributed by atoms with Gasteiger partial charge in [0.05, 0.1) is 0 Å². The number of rotatable bonds is 4. The van der Waals surface area contributed by atoms with E-state index in [1.165, 1.54) is 0 Å². The molecule has 8 nitrogen and oxygen atoms in total. The molecule has 0 radical (unpaired) electrons. The van der Waals surface area contributed by atoms with Gasteiger partial charge in [-0.15, -0.1) is 0 Å². The molecule has 0 bridgehead atoms. The van der Waals surface area contributed by atoms with E-state index in [0.717, 1.165) is 43.4 Å². The molecule has 4 amide bonds. The molecule has 8 heteroatoms. The van der Waals surface area contributed by atoms with Crippen LogP contribution in [0.2, 0.25) is 0 Å². The lowest BCUT2D eigenvalue weighted by atomic mass is 9.73. The summed E-state index contributed by atoms with van der Waals surface area (Å²) in [7, 11) is 0. The van der Waals surface area contributed by atoms with Gasteiger partial charge in [0.25, 0.3) is 11.8 Å². The molecule has 2 heterocycles. The number of ether oxygens (including phenoxy) is 1. The van der Waals surface area contributed by atoms with E-state index in [0.29, 0.717) is 13.0 Å². The van der Waals surface area contributed by atoms with Crippen LogP contribution >= 0.6 is 0 Å². The van der Waals surface area contributed by atoms with Crippen molar-refractivity contribution in [3.63, 3.8) is 0 Å². The van der Waals surface area contributed by atoms with Crippen molar-refractivity contribution in [3.05, 3.63) is 0 Å². The summed E-state index contributed by atoms with van der Waals surface area (Å²) in [5.41, 5.74) is -0.894. The fourth-order valence-electron chi connectivity index (χ4n) is 4.51. The van der Waals surface area contributed by atoms with Gasteiger partial charge in [0.15, 0.2) is 6.61 Å². The van der Waals surface area contributed by atoms with Crippen molar-refractivity contribution in [2.45, 2.75) is 70.4 Å². The Morgan fingerprint density at radius 1 is 1.15 bits per heavy atom. The van der Waals surface area contributed by atoms with Crippen molar-refractivity contribution < 1.29 is 23.9 Å². The largest absolute Gasteiger partial charge is 0.454 e. The minimum absolute atomic E-state index is 0.0332. The summed E-state index contributed by atoms with van der Waals surface area (Å²) in [5.74, 6) is -1.29. The molecule has 1 aliphatic carbocycles. The SMILES string of the molecule is C[C@@H]1CCCC[C@@]12NC(=O)N(CC(=O)OCC(=O)N1CCCC[C@@H]1C)C2=O. The van der Waals surface area contributed by atoms with Gasteiger partial charge in [-0.1, -0.05) is 19.8 Å². The lowest BCUT2D eigenvalue weighted by molar-refractivity contribution is -0.155. The lowest BCUT2D eigenvalue weighted by Crippen LogP contribution is -2.54. The molecule has 0 aromatic heterocycles. The third-order valence-electron chi connectivity index (χ3n) is 6.27. The zero-order valence-electron chi connectivity index (χ0n) is 16.2. The molecular weight excluding hydrogens is 350 g/mol. The van der Waals surface area contributed by atoms with Gasteiger partial charge in [-0.2, -0.15) is 0 Å². The number of hydrogen-bond donors (Lipinski definition) is 1.